The van der Waals surface area contributed by atoms with E-state index >= 15 is 0 Å². The number of hydrogen-bond acceptors (Lipinski definition) is 4. The van der Waals surface area contributed by atoms with Crippen LogP contribution in [0.4, 0.5) is 0 Å². The molecule has 2 atom stereocenters. The number of ether oxygens (including phenoxy) is 1. The van der Waals surface area contributed by atoms with E-state index in [1.165, 1.54) is 0 Å². The Kier molecular flexibility index (Phi) is 6.84. The lowest BCUT2D eigenvalue weighted by molar-refractivity contribution is -0.119. The number of hydrogen-bond donors (Lipinski definition) is 2. The molecule has 0 saturated carbocycles. The number of thioether (sulfide) groups is 1. The van der Waals surface area contributed by atoms with E-state index in [2.05, 4.69) is 12.2 Å². The molecule has 3 N–H and O–H groups in total. The zero-order valence-electron chi connectivity index (χ0n) is 9.91. The predicted octanol–water partition coefficient (Wildman–Crippen LogP) is 0.752. The topological polar surface area (TPSA) is 64.4 Å². The summed E-state index contributed by atoms with van der Waals surface area (Å²) in [5, 5.41) is 2.89. The van der Waals surface area contributed by atoms with Gasteiger partial charge in [0.2, 0.25) is 5.91 Å². The van der Waals surface area contributed by atoms with Crippen LogP contribution in [0.2, 0.25) is 0 Å². The average molecular weight is 246 g/mol. The monoisotopic (exact) mass is 246 g/mol. The first-order chi connectivity index (χ1) is 7.72. The number of nitrogens with one attached hydrogen (secondary N) is 1. The van der Waals surface area contributed by atoms with Crippen molar-refractivity contribution in [1.82, 2.24) is 5.32 Å². The lowest BCUT2D eigenvalue weighted by atomic mass is 10.2. The molecule has 1 aliphatic heterocycles. The van der Waals surface area contributed by atoms with Crippen LogP contribution < -0.4 is 11.1 Å². The molecule has 0 radical (unpaired) electrons. The molecule has 0 bridgehead atoms. The van der Waals surface area contributed by atoms with Crippen molar-refractivity contribution < 1.29 is 9.53 Å². The third kappa shape index (κ3) is 5.72. The SMILES string of the molecule is CCC(N)CSCC(=O)NCC1CCCO1. The number of nitrogens with two attached hydrogens (primary N) is 1. The van der Waals surface area contributed by atoms with Gasteiger partial charge in [-0.1, -0.05) is 6.92 Å². The Hall–Kier alpha value is -0.260. The molecule has 1 amide bonds. The molecule has 0 aromatic carbocycles. The van der Waals surface area contributed by atoms with Gasteiger partial charge < -0.3 is 15.8 Å². The normalized spacial score (nSPS) is 22.0. The Balaban J connectivity index is 1.97. The molecule has 5 heteroatoms. The van der Waals surface area contributed by atoms with Crippen LogP contribution in [0.1, 0.15) is 26.2 Å². The molecule has 94 valence electrons. The summed E-state index contributed by atoms with van der Waals surface area (Å²) in [5.74, 6) is 1.44. The van der Waals surface area contributed by atoms with Crippen LogP contribution in [0.15, 0.2) is 0 Å². The molecule has 1 rings (SSSR count). The predicted molar refractivity (Wildman–Crippen MR) is 67.6 cm³/mol. The Morgan fingerprint density at radius 1 is 1.69 bits per heavy atom. The first-order valence-electron chi connectivity index (χ1n) is 5.94. The maximum Gasteiger partial charge on any atom is 0.230 e. The van der Waals surface area contributed by atoms with Crippen LogP contribution in [0.25, 0.3) is 0 Å². The van der Waals surface area contributed by atoms with Crippen molar-refractivity contribution in [2.45, 2.75) is 38.3 Å². The second-order valence-electron chi connectivity index (χ2n) is 4.12. The van der Waals surface area contributed by atoms with Crippen LogP contribution in [0.5, 0.6) is 0 Å². The standard InChI is InChI=1S/C11H22N2O2S/c1-2-9(12)7-16-8-11(14)13-6-10-4-3-5-15-10/h9-10H,2-8,12H2,1H3,(H,13,14). The highest BCUT2D eigenvalue weighted by atomic mass is 32.2. The Labute approximate surface area is 102 Å². The van der Waals surface area contributed by atoms with Gasteiger partial charge in [0.15, 0.2) is 0 Å². The molecule has 0 spiro atoms. The molecule has 1 saturated heterocycles. The fraction of sp³-hybridized carbons (Fsp3) is 0.909. The minimum Gasteiger partial charge on any atom is -0.376 e. The van der Waals surface area contributed by atoms with Crippen molar-refractivity contribution in [2.75, 3.05) is 24.7 Å². The number of carbonyl (C=O) groups is 1. The third-order valence-electron chi connectivity index (χ3n) is 2.64. The van der Waals surface area contributed by atoms with E-state index in [1.54, 1.807) is 11.8 Å². The number of rotatable bonds is 7. The van der Waals surface area contributed by atoms with Crippen LogP contribution in [-0.4, -0.2) is 42.7 Å². The van der Waals surface area contributed by atoms with Crippen LogP contribution in [0, 0.1) is 0 Å². The average Bonchev–Trinajstić information content (AvgIpc) is 2.79. The molecular weight excluding hydrogens is 224 g/mol. The largest absolute Gasteiger partial charge is 0.376 e. The van der Waals surface area contributed by atoms with E-state index in [-0.39, 0.29) is 18.1 Å². The summed E-state index contributed by atoms with van der Waals surface area (Å²) in [6.07, 6.45) is 3.37. The van der Waals surface area contributed by atoms with Gasteiger partial charge in [-0.3, -0.25) is 4.79 Å². The van der Waals surface area contributed by atoms with Gasteiger partial charge in [0.25, 0.3) is 0 Å². The van der Waals surface area contributed by atoms with Crippen molar-refractivity contribution in [3.05, 3.63) is 0 Å². The summed E-state index contributed by atoms with van der Waals surface area (Å²) in [4.78, 5) is 11.4. The summed E-state index contributed by atoms with van der Waals surface area (Å²) in [5.41, 5.74) is 5.76. The van der Waals surface area contributed by atoms with Crippen molar-refractivity contribution >= 4 is 17.7 Å². The zero-order valence-corrected chi connectivity index (χ0v) is 10.7. The highest BCUT2D eigenvalue weighted by molar-refractivity contribution is 7.99. The maximum absolute atomic E-state index is 11.4. The second kappa shape index (κ2) is 7.92. The van der Waals surface area contributed by atoms with E-state index < -0.39 is 0 Å². The van der Waals surface area contributed by atoms with Gasteiger partial charge >= 0.3 is 0 Å². The van der Waals surface area contributed by atoms with E-state index in [9.17, 15) is 4.79 Å². The molecular formula is C11H22N2O2S. The molecule has 2 unspecified atom stereocenters. The minimum absolute atomic E-state index is 0.0869. The zero-order chi connectivity index (χ0) is 11.8. The highest BCUT2D eigenvalue weighted by Gasteiger charge is 2.15. The molecule has 1 heterocycles. The molecule has 0 aromatic rings. The first-order valence-corrected chi connectivity index (χ1v) is 7.09. The maximum atomic E-state index is 11.4. The lowest BCUT2D eigenvalue weighted by Gasteiger charge is -2.11. The van der Waals surface area contributed by atoms with Gasteiger partial charge in [-0.05, 0) is 19.3 Å². The second-order valence-corrected chi connectivity index (χ2v) is 5.15. The summed E-state index contributed by atoms with van der Waals surface area (Å²) >= 11 is 1.60. The molecule has 0 aliphatic carbocycles. The van der Waals surface area contributed by atoms with Crippen LogP contribution in [-0.2, 0) is 9.53 Å². The van der Waals surface area contributed by atoms with Gasteiger partial charge in [0.1, 0.15) is 0 Å². The Morgan fingerprint density at radius 2 is 2.50 bits per heavy atom. The summed E-state index contributed by atoms with van der Waals surface area (Å²) < 4.78 is 5.42. The third-order valence-corrected chi connectivity index (χ3v) is 3.77. The van der Waals surface area contributed by atoms with Gasteiger partial charge in [-0.25, -0.2) is 0 Å². The van der Waals surface area contributed by atoms with Gasteiger partial charge in [-0.2, -0.15) is 11.8 Å². The quantitative estimate of drug-likeness (QED) is 0.696. The minimum atomic E-state index is 0.0869. The van der Waals surface area contributed by atoms with Gasteiger partial charge in [0.05, 0.1) is 11.9 Å². The summed E-state index contributed by atoms with van der Waals surface area (Å²) in [7, 11) is 0. The molecule has 1 fully saturated rings. The highest BCUT2D eigenvalue weighted by Crippen LogP contribution is 2.10. The molecule has 4 nitrogen and oxygen atoms in total. The van der Waals surface area contributed by atoms with Crippen LogP contribution in [0.3, 0.4) is 0 Å². The van der Waals surface area contributed by atoms with E-state index in [0.717, 1.165) is 31.6 Å². The van der Waals surface area contributed by atoms with Gasteiger partial charge in [-0.15, -0.1) is 0 Å². The van der Waals surface area contributed by atoms with E-state index in [1.807, 2.05) is 0 Å². The lowest BCUT2D eigenvalue weighted by Crippen LogP contribution is -2.33. The van der Waals surface area contributed by atoms with Gasteiger partial charge in [0, 0.05) is 24.9 Å². The molecule has 16 heavy (non-hydrogen) atoms. The van der Waals surface area contributed by atoms with E-state index in [0.29, 0.717) is 12.3 Å². The fourth-order valence-electron chi connectivity index (χ4n) is 1.50. The number of amides is 1. The van der Waals surface area contributed by atoms with Crippen molar-refractivity contribution in [3.8, 4) is 0 Å². The van der Waals surface area contributed by atoms with Crippen molar-refractivity contribution in [3.63, 3.8) is 0 Å². The van der Waals surface area contributed by atoms with E-state index in [4.69, 9.17) is 10.5 Å². The fourth-order valence-corrected chi connectivity index (χ4v) is 2.45. The molecule has 0 aromatic heterocycles. The van der Waals surface area contributed by atoms with Crippen LogP contribution >= 0.6 is 11.8 Å². The smallest absolute Gasteiger partial charge is 0.230 e. The summed E-state index contributed by atoms with van der Waals surface area (Å²) in [6.45, 7) is 3.54. The van der Waals surface area contributed by atoms with Crippen molar-refractivity contribution in [1.29, 1.82) is 0 Å². The Bertz CT molecular complexity index is 208. The molecule has 1 aliphatic rings. The first kappa shape index (κ1) is 13.8. The van der Waals surface area contributed by atoms with Crippen molar-refractivity contribution in [2.24, 2.45) is 5.73 Å². The Morgan fingerprint density at radius 3 is 3.12 bits per heavy atom. The number of carbonyl (C=O) groups excluding carboxylic acids is 1. The summed E-state index contributed by atoms with van der Waals surface area (Å²) in [6, 6.07) is 0.205.